The molecule has 0 unspecified atom stereocenters. The summed E-state index contributed by atoms with van der Waals surface area (Å²) in [5.41, 5.74) is 0.900. The molecular weight excluding hydrogens is 388 g/mol. The highest BCUT2D eigenvalue weighted by molar-refractivity contribution is 5.94. The van der Waals surface area contributed by atoms with E-state index in [9.17, 15) is 14.4 Å². The minimum atomic E-state index is -0.597. The van der Waals surface area contributed by atoms with Gasteiger partial charge in [0.15, 0.2) is 12.4 Å². The van der Waals surface area contributed by atoms with E-state index in [2.05, 4.69) is 4.98 Å². The summed E-state index contributed by atoms with van der Waals surface area (Å²) in [7, 11) is 0. The largest absolute Gasteiger partial charge is 0.465 e. The van der Waals surface area contributed by atoms with Crippen molar-refractivity contribution in [2.45, 2.75) is 45.8 Å². The number of aryl methyl sites for hydroxylation is 1. The molecule has 0 N–H and O–H groups in total. The third-order valence-corrected chi connectivity index (χ3v) is 5.13. The van der Waals surface area contributed by atoms with Crippen LogP contribution < -0.4 is 5.56 Å². The van der Waals surface area contributed by atoms with Gasteiger partial charge in [0.1, 0.15) is 11.4 Å². The second-order valence-corrected chi connectivity index (χ2v) is 7.08. The summed E-state index contributed by atoms with van der Waals surface area (Å²) in [6.45, 7) is 2.40. The molecule has 1 aliphatic heterocycles. The summed E-state index contributed by atoms with van der Waals surface area (Å²) in [4.78, 5) is 41.8. The Hall–Kier alpha value is -3.42. The quantitative estimate of drug-likeness (QED) is 0.595. The first-order valence-corrected chi connectivity index (χ1v) is 10.0. The van der Waals surface area contributed by atoms with Crippen LogP contribution in [0.1, 0.15) is 58.5 Å². The van der Waals surface area contributed by atoms with E-state index in [1.54, 1.807) is 29.7 Å². The molecule has 0 spiro atoms. The van der Waals surface area contributed by atoms with Crippen molar-refractivity contribution < 1.29 is 23.5 Å². The first-order valence-electron chi connectivity index (χ1n) is 10.0. The Kier molecular flexibility index (Phi) is 5.65. The number of fused-ring (bicyclic) bond motifs is 2. The van der Waals surface area contributed by atoms with Gasteiger partial charge in [-0.15, -0.1) is 0 Å². The smallest absolute Gasteiger partial charge is 0.341 e. The minimum absolute atomic E-state index is 0.0773. The summed E-state index contributed by atoms with van der Waals surface area (Å²) < 4.78 is 17.2. The topological polar surface area (TPSA) is 101 Å². The Morgan fingerprint density at radius 2 is 2.00 bits per heavy atom. The van der Waals surface area contributed by atoms with Crippen LogP contribution in [-0.4, -0.2) is 28.1 Å². The average Bonchev–Trinajstić information content (AvgIpc) is 3.09. The molecule has 4 rings (SSSR count). The van der Waals surface area contributed by atoms with Gasteiger partial charge in [-0.1, -0.05) is 6.42 Å². The lowest BCUT2D eigenvalue weighted by atomic mass is 10.1. The van der Waals surface area contributed by atoms with E-state index in [0.717, 1.165) is 31.5 Å². The Balaban J connectivity index is 1.55. The lowest BCUT2D eigenvalue weighted by Crippen LogP contribution is -2.24. The van der Waals surface area contributed by atoms with Gasteiger partial charge >= 0.3 is 11.9 Å². The summed E-state index contributed by atoms with van der Waals surface area (Å²) in [5.74, 6) is -0.164. The van der Waals surface area contributed by atoms with Crippen molar-refractivity contribution in [2.75, 3.05) is 6.61 Å². The van der Waals surface area contributed by atoms with Crippen LogP contribution >= 0.6 is 0 Å². The maximum Gasteiger partial charge on any atom is 0.341 e. The Bertz CT molecular complexity index is 1160. The number of benzene rings is 1. The molecule has 0 saturated heterocycles. The zero-order valence-corrected chi connectivity index (χ0v) is 16.7. The van der Waals surface area contributed by atoms with E-state index < -0.39 is 11.9 Å². The standard InChI is InChI=1S/C22H22N2O6/c1-2-28-22(27)16-9-11-29-18(16)13-30-21(26)14-7-8-15-17(12-14)23-19-6-4-3-5-10-24(19)20(15)25/h7-9,11-12H,2-6,10,13H2,1H3. The highest BCUT2D eigenvalue weighted by atomic mass is 16.5. The number of rotatable bonds is 5. The lowest BCUT2D eigenvalue weighted by molar-refractivity contribution is 0.0423. The minimum Gasteiger partial charge on any atom is -0.465 e. The molecule has 3 aromatic rings. The molecule has 0 radical (unpaired) electrons. The van der Waals surface area contributed by atoms with Gasteiger partial charge in [0.2, 0.25) is 0 Å². The molecule has 8 nitrogen and oxygen atoms in total. The van der Waals surface area contributed by atoms with E-state index in [-0.39, 0.29) is 35.7 Å². The Labute approximate surface area is 172 Å². The highest BCUT2D eigenvalue weighted by Gasteiger charge is 2.19. The van der Waals surface area contributed by atoms with Crippen LogP contribution in [0.15, 0.2) is 39.7 Å². The third kappa shape index (κ3) is 3.85. The molecule has 0 atom stereocenters. The zero-order valence-electron chi connectivity index (χ0n) is 16.7. The van der Waals surface area contributed by atoms with Gasteiger partial charge in [-0.3, -0.25) is 9.36 Å². The first kappa shape index (κ1) is 19.9. The van der Waals surface area contributed by atoms with Gasteiger partial charge < -0.3 is 13.9 Å². The summed E-state index contributed by atoms with van der Waals surface area (Å²) in [6.07, 6.45) is 5.11. The number of aromatic nitrogens is 2. The fraction of sp³-hybridized carbons (Fsp3) is 0.364. The first-order chi connectivity index (χ1) is 14.6. The second-order valence-electron chi connectivity index (χ2n) is 7.08. The number of furan rings is 1. The van der Waals surface area contributed by atoms with Gasteiger partial charge in [0, 0.05) is 13.0 Å². The molecule has 0 aliphatic carbocycles. The molecule has 2 aromatic heterocycles. The van der Waals surface area contributed by atoms with Crippen LogP contribution in [-0.2, 0) is 29.0 Å². The number of carbonyl (C=O) groups is 2. The fourth-order valence-corrected chi connectivity index (χ4v) is 3.60. The monoisotopic (exact) mass is 410 g/mol. The Morgan fingerprint density at radius 3 is 2.83 bits per heavy atom. The molecule has 8 heteroatoms. The van der Waals surface area contributed by atoms with Crippen LogP contribution in [0.25, 0.3) is 10.9 Å². The van der Waals surface area contributed by atoms with Gasteiger partial charge in [-0.2, -0.15) is 0 Å². The maximum absolute atomic E-state index is 12.8. The second kappa shape index (κ2) is 8.52. The number of hydrogen-bond acceptors (Lipinski definition) is 7. The van der Waals surface area contributed by atoms with Crippen molar-refractivity contribution in [3.8, 4) is 0 Å². The summed E-state index contributed by atoms with van der Waals surface area (Å²) in [6, 6.07) is 6.20. The van der Waals surface area contributed by atoms with Crippen LogP contribution in [0, 0.1) is 0 Å². The van der Waals surface area contributed by atoms with Crippen molar-refractivity contribution in [3.63, 3.8) is 0 Å². The average molecular weight is 410 g/mol. The maximum atomic E-state index is 12.8. The predicted octanol–water partition coefficient (Wildman–Crippen LogP) is 3.25. The zero-order chi connectivity index (χ0) is 21.1. The summed E-state index contributed by atoms with van der Waals surface area (Å²) in [5, 5.41) is 0.479. The van der Waals surface area contributed by atoms with Crippen LogP contribution in [0.2, 0.25) is 0 Å². The molecule has 0 fully saturated rings. The molecule has 1 aliphatic rings. The normalized spacial score (nSPS) is 13.5. The number of carbonyl (C=O) groups excluding carboxylic acids is 2. The molecule has 0 saturated carbocycles. The van der Waals surface area contributed by atoms with Crippen LogP contribution in [0.3, 0.4) is 0 Å². The van der Waals surface area contributed by atoms with Crippen molar-refractivity contribution in [1.29, 1.82) is 0 Å². The molecule has 156 valence electrons. The molecule has 1 aromatic carbocycles. The van der Waals surface area contributed by atoms with Crippen molar-refractivity contribution >= 4 is 22.8 Å². The van der Waals surface area contributed by atoms with E-state index in [1.807, 2.05) is 0 Å². The SMILES string of the molecule is CCOC(=O)c1ccoc1COC(=O)c1ccc2c(=O)n3c(nc2c1)CCCCC3. The number of hydrogen-bond donors (Lipinski definition) is 0. The molecule has 3 heterocycles. The predicted molar refractivity (Wildman–Crippen MR) is 107 cm³/mol. The van der Waals surface area contributed by atoms with E-state index >= 15 is 0 Å². The molecular formula is C22H22N2O6. The van der Waals surface area contributed by atoms with Crippen molar-refractivity contribution in [3.05, 3.63) is 63.6 Å². The van der Waals surface area contributed by atoms with Gasteiger partial charge in [-0.25, -0.2) is 14.6 Å². The van der Waals surface area contributed by atoms with Crippen LogP contribution in [0.5, 0.6) is 0 Å². The van der Waals surface area contributed by atoms with Gasteiger partial charge in [0.05, 0.1) is 29.3 Å². The number of ether oxygens (including phenoxy) is 2. The van der Waals surface area contributed by atoms with Crippen molar-refractivity contribution in [2.24, 2.45) is 0 Å². The number of esters is 2. The van der Waals surface area contributed by atoms with Crippen molar-refractivity contribution in [1.82, 2.24) is 9.55 Å². The number of nitrogens with zero attached hydrogens (tertiary/aromatic N) is 2. The van der Waals surface area contributed by atoms with Crippen LogP contribution in [0.4, 0.5) is 0 Å². The van der Waals surface area contributed by atoms with E-state index in [0.29, 0.717) is 17.4 Å². The van der Waals surface area contributed by atoms with E-state index in [4.69, 9.17) is 13.9 Å². The fourth-order valence-electron chi connectivity index (χ4n) is 3.60. The summed E-state index contributed by atoms with van der Waals surface area (Å²) >= 11 is 0. The van der Waals surface area contributed by atoms with Gasteiger partial charge in [0.25, 0.3) is 5.56 Å². The van der Waals surface area contributed by atoms with Gasteiger partial charge in [-0.05, 0) is 44.0 Å². The third-order valence-electron chi connectivity index (χ3n) is 5.13. The molecule has 0 bridgehead atoms. The lowest BCUT2D eigenvalue weighted by Gasteiger charge is -2.11. The highest BCUT2D eigenvalue weighted by Crippen LogP contribution is 2.18. The Morgan fingerprint density at radius 1 is 1.13 bits per heavy atom. The van der Waals surface area contributed by atoms with E-state index in [1.165, 1.54) is 12.3 Å². The molecule has 0 amide bonds. The molecule has 30 heavy (non-hydrogen) atoms.